The lowest BCUT2D eigenvalue weighted by molar-refractivity contribution is 0.407. The third kappa shape index (κ3) is 2.02. The van der Waals surface area contributed by atoms with E-state index in [0.717, 1.165) is 6.07 Å². The highest BCUT2D eigenvalue weighted by molar-refractivity contribution is 7.91. The first-order valence-corrected chi connectivity index (χ1v) is 6.55. The smallest absolute Gasteiger partial charge is 0.359 e. The molecule has 0 spiro atoms. The molecule has 1 aromatic heterocycles. The van der Waals surface area contributed by atoms with Gasteiger partial charge in [0.15, 0.2) is 4.90 Å². The molecule has 0 saturated heterocycles. The summed E-state index contributed by atoms with van der Waals surface area (Å²) < 4.78 is 29.0. The number of rotatable bonds is 2. The highest BCUT2D eigenvalue weighted by atomic mass is 32.2. The van der Waals surface area contributed by atoms with Crippen LogP contribution in [-0.2, 0) is 9.84 Å². The Kier molecular flexibility index (Phi) is 2.96. The Morgan fingerprint density at radius 1 is 1.17 bits per heavy atom. The zero-order chi connectivity index (χ0) is 13.3. The van der Waals surface area contributed by atoms with Gasteiger partial charge in [-0.2, -0.15) is 0 Å². The van der Waals surface area contributed by atoms with E-state index in [4.69, 9.17) is 4.42 Å². The minimum absolute atomic E-state index is 0.0727. The van der Waals surface area contributed by atoms with Crippen LogP contribution in [0.15, 0.2) is 55.4 Å². The molecule has 0 bridgehead atoms. The van der Waals surface area contributed by atoms with E-state index < -0.39 is 26.1 Å². The van der Waals surface area contributed by atoms with Gasteiger partial charge in [-0.25, -0.2) is 13.2 Å². The molecule has 0 radical (unpaired) electrons. The predicted molar refractivity (Wildman–Crippen MR) is 63.3 cm³/mol. The van der Waals surface area contributed by atoms with Crippen LogP contribution in [0.25, 0.3) is 0 Å². The maximum absolute atomic E-state index is 12.2. The molecule has 1 aromatic carbocycles. The summed E-state index contributed by atoms with van der Waals surface area (Å²) >= 11 is 0. The van der Waals surface area contributed by atoms with Crippen LogP contribution >= 0.6 is 0 Å². The second-order valence-corrected chi connectivity index (χ2v) is 5.56. The zero-order valence-corrected chi connectivity index (χ0v) is 10.3. The molecule has 1 heterocycles. The Labute approximate surface area is 103 Å². The van der Waals surface area contributed by atoms with Crippen LogP contribution in [0, 0.1) is 6.92 Å². The van der Waals surface area contributed by atoms with Crippen molar-refractivity contribution in [2.24, 2.45) is 0 Å². The molecule has 6 heteroatoms. The van der Waals surface area contributed by atoms with Crippen LogP contribution in [-0.4, -0.2) is 13.5 Å². The van der Waals surface area contributed by atoms with E-state index in [2.05, 4.69) is 0 Å². The maximum Gasteiger partial charge on any atom is 0.359 e. The molecule has 2 aromatic rings. The molecule has 0 unspecified atom stereocenters. The number of sulfone groups is 1. The monoisotopic (exact) mass is 266 g/mol. The fraction of sp³-hybridized carbons (Fsp3) is 0.0833. The van der Waals surface area contributed by atoms with E-state index in [1.807, 2.05) is 0 Å². The lowest BCUT2D eigenvalue weighted by Gasteiger charge is -2.05. The Balaban J connectivity index is 2.74. The third-order valence-corrected chi connectivity index (χ3v) is 4.14. The molecule has 18 heavy (non-hydrogen) atoms. The molecule has 1 N–H and O–H groups in total. The van der Waals surface area contributed by atoms with Gasteiger partial charge in [0.1, 0.15) is 11.5 Å². The SMILES string of the molecule is Cc1cc(O)c(S(=O)(=O)c2ccccc2)c(=O)o1. The van der Waals surface area contributed by atoms with Gasteiger partial charge in [0, 0.05) is 6.07 Å². The van der Waals surface area contributed by atoms with Gasteiger partial charge < -0.3 is 9.52 Å². The Morgan fingerprint density at radius 2 is 1.78 bits per heavy atom. The molecule has 0 fully saturated rings. The summed E-state index contributed by atoms with van der Waals surface area (Å²) in [4.78, 5) is 10.8. The van der Waals surface area contributed by atoms with Crippen molar-refractivity contribution in [1.82, 2.24) is 0 Å². The van der Waals surface area contributed by atoms with Crippen molar-refractivity contribution in [3.63, 3.8) is 0 Å². The van der Waals surface area contributed by atoms with Crippen molar-refractivity contribution in [2.45, 2.75) is 16.7 Å². The van der Waals surface area contributed by atoms with E-state index in [1.54, 1.807) is 6.07 Å². The van der Waals surface area contributed by atoms with Crippen LogP contribution in [0.2, 0.25) is 0 Å². The minimum Gasteiger partial charge on any atom is -0.506 e. The van der Waals surface area contributed by atoms with E-state index >= 15 is 0 Å². The van der Waals surface area contributed by atoms with Crippen molar-refractivity contribution in [2.75, 3.05) is 0 Å². The van der Waals surface area contributed by atoms with E-state index in [-0.39, 0.29) is 10.7 Å². The van der Waals surface area contributed by atoms with E-state index in [9.17, 15) is 18.3 Å². The van der Waals surface area contributed by atoms with Crippen LogP contribution in [0.4, 0.5) is 0 Å². The van der Waals surface area contributed by atoms with Crippen LogP contribution in [0.1, 0.15) is 5.76 Å². The molecule has 2 rings (SSSR count). The van der Waals surface area contributed by atoms with Crippen molar-refractivity contribution < 1.29 is 17.9 Å². The normalized spacial score (nSPS) is 11.4. The molecular formula is C12H10O5S. The Morgan fingerprint density at radius 3 is 2.33 bits per heavy atom. The summed E-state index contributed by atoms with van der Waals surface area (Å²) in [7, 11) is -4.07. The summed E-state index contributed by atoms with van der Waals surface area (Å²) in [6, 6.07) is 8.48. The fourth-order valence-corrected chi connectivity index (χ4v) is 2.90. The molecule has 5 nitrogen and oxygen atoms in total. The van der Waals surface area contributed by atoms with E-state index in [1.165, 1.54) is 31.2 Å². The molecule has 0 atom stereocenters. The lowest BCUT2D eigenvalue weighted by atomic mass is 10.4. The number of aryl methyl sites for hydroxylation is 1. The highest BCUT2D eigenvalue weighted by Crippen LogP contribution is 2.25. The highest BCUT2D eigenvalue weighted by Gasteiger charge is 2.26. The molecule has 0 saturated carbocycles. The Hall–Kier alpha value is -2.08. The minimum atomic E-state index is -4.07. The van der Waals surface area contributed by atoms with Crippen molar-refractivity contribution in [1.29, 1.82) is 0 Å². The van der Waals surface area contributed by atoms with Gasteiger partial charge in [0.05, 0.1) is 4.90 Å². The largest absolute Gasteiger partial charge is 0.506 e. The van der Waals surface area contributed by atoms with Gasteiger partial charge in [-0.3, -0.25) is 0 Å². The van der Waals surface area contributed by atoms with Crippen LogP contribution < -0.4 is 5.63 Å². The molecule has 0 aliphatic heterocycles. The van der Waals surface area contributed by atoms with Gasteiger partial charge in [0.2, 0.25) is 9.84 Å². The van der Waals surface area contributed by atoms with Crippen molar-refractivity contribution in [3.05, 3.63) is 52.6 Å². The van der Waals surface area contributed by atoms with Gasteiger partial charge in [-0.15, -0.1) is 0 Å². The summed E-state index contributed by atoms with van der Waals surface area (Å²) in [6.07, 6.45) is 0. The molecule has 0 aliphatic carbocycles. The van der Waals surface area contributed by atoms with Gasteiger partial charge >= 0.3 is 5.63 Å². The average molecular weight is 266 g/mol. The number of aromatic hydroxyl groups is 1. The topological polar surface area (TPSA) is 84.6 Å². The van der Waals surface area contributed by atoms with Crippen LogP contribution in [0.3, 0.4) is 0 Å². The second kappa shape index (κ2) is 4.30. The molecule has 0 aliphatic rings. The Bertz CT molecular complexity index is 729. The molecular weight excluding hydrogens is 256 g/mol. The molecule has 0 amide bonds. The lowest BCUT2D eigenvalue weighted by Crippen LogP contribution is -2.15. The van der Waals surface area contributed by atoms with Crippen LogP contribution in [0.5, 0.6) is 5.75 Å². The summed E-state index contributed by atoms with van der Waals surface area (Å²) in [5.74, 6) is -0.461. The van der Waals surface area contributed by atoms with Gasteiger partial charge in [-0.05, 0) is 19.1 Å². The number of hydrogen-bond acceptors (Lipinski definition) is 5. The summed E-state index contributed by atoms with van der Waals surface area (Å²) in [5, 5.41) is 9.63. The average Bonchev–Trinajstić information content (AvgIpc) is 2.28. The summed E-state index contributed by atoms with van der Waals surface area (Å²) in [6.45, 7) is 1.44. The van der Waals surface area contributed by atoms with E-state index in [0.29, 0.717) is 0 Å². The van der Waals surface area contributed by atoms with Crippen molar-refractivity contribution >= 4 is 9.84 Å². The second-order valence-electron chi connectivity index (χ2n) is 3.68. The third-order valence-electron chi connectivity index (χ3n) is 2.33. The first-order valence-electron chi connectivity index (χ1n) is 5.07. The number of benzene rings is 1. The zero-order valence-electron chi connectivity index (χ0n) is 9.45. The first-order chi connectivity index (χ1) is 8.43. The molecule has 94 valence electrons. The maximum atomic E-state index is 12.2. The quantitative estimate of drug-likeness (QED) is 0.890. The predicted octanol–water partition coefficient (Wildman–Crippen LogP) is 1.49. The number of hydrogen-bond donors (Lipinski definition) is 1. The van der Waals surface area contributed by atoms with Gasteiger partial charge in [-0.1, -0.05) is 18.2 Å². The van der Waals surface area contributed by atoms with Crippen molar-refractivity contribution in [3.8, 4) is 5.75 Å². The fourth-order valence-electron chi connectivity index (χ4n) is 1.55. The van der Waals surface area contributed by atoms with Gasteiger partial charge in [0.25, 0.3) is 0 Å². The summed E-state index contributed by atoms with van der Waals surface area (Å²) in [5.41, 5.74) is -1.07. The first kappa shape index (κ1) is 12.4. The standard InChI is InChI=1S/C12H10O5S/c1-8-7-10(13)11(12(14)17-8)18(15,16)9-5-3-2-4-6-9/h2-7,13H,1H3.